The minimum Gasteiger partial charge on any atom is -0.490 e. The highest BCUT2D eigenvalue weighted by molar-refractivity contribution is 5.99. The van der Waals surface area contributed by atoms with Crippen LogP contribution in [-0.2, 0) is 64.3 Å². The predicted molar refractivity (Wildman–Crippen MR) is 397 cm³/mol. The third-order valence-electron chi connectivity index (χ3n) is 13.2. The second-order valence-electron chi connectivity index (χ2n) is 33.2. The SMILES string of the molecule is CC(C)(C)OC(=O)c1cc(OCc2cc(COc3cc(C(=O)OC(C)(C)C)cc(C(=O)OC(C)(C)C)c3)cc(OC/C=C\COc3cc(COc4cc(C(=O)OC(C)(C)C)cc(C(=O)OC(C)(C)C)c4)cc(COc4cc(C(=O)OC(C)(C)C)cc(C(=O)OC(C)(C)C)c4)c3)c2)cc(C(=O)OC(C)(C)C)c1. The van der Waals surface area contributed by atoms with Gasteiger partial charge in [0.2, 0.25) is 0 Å². The molecule has 0 bridgehead atoms. The summed E-state index contributed by atoms with van der Waals surface area (Å²) < 4.78 is 83.5. The van der Waals surface area contributed by atoms with Crippen molar-refractivity contribution < 1.29 is 105 Å². The van der Waals surface area contributed by atoms with Gasteiger partial charge in [-0.2, -0.15) is 0 Å². The van der Waals surface area contributed by atoms with Gasteiger partial charge in [0.15, 0.2) is 0 Å². The van der Waals surface area contributed by atoms with E-state index in [1.807, 2.05) is 0 Å². The van der Waals surface area contributed by atoms with Crippen LogP contribution in [0.25, 0.3) is 0 Å². The Hall–Kier alpha value is -10.4. The summed E-state index contributed by atoms with van der Waals surface area (Å²) in [5.41, 5.74) is -4.20. The van der Waals surface area contributed by atoms with Crippen LogP contribution < -0.4 is 28.4 Å². The second-order valence-corrected chi connectivity index (χ2v) is 33.2. The zero-order chi connectivity index (χ0) is 79.3. The highest BCUT2D eigenvalue weighted by atomic mass is 16.6. The molecule has 0 unspecified atom stereocenters. The predicted octanol–water partition coefficient (Wildman–Crippen LogP) is 17.7. The van der Waals surface area contributed by atoms with Gasteiger partial charge < -0.3 is 66.3 Å². The molecule has 0 saturated heterocycles. The Bertz CT molecular complexity index is 3510. The van der Waals surface area contributed by atoms with Crippen molar-refractivity contribution in [1.82, 2.24) is 0 Å². The maximum atomic E-state index is 13.5. The van der Waals surface area contributed by atoms with E-state index in [0.29, 0.717) is 33.8 Å². The topological polar surface area (TPSA) is 266 Å². The fraction of sp³-hybridized carbons (Fsp3) is 0.452. The molecule has 0 fully saturated rings. The lowest BCUT2D eigenvalue weighted by molar-refractivity contribution is 0.00457. The number of carbonyl (C=O) groups is 8. The maximum absolute atomic E-state index is 13.5. The summed E-state index contributed by atoms with van der Waals surface area (Å²) in [5.74, 6) is -4.17. The van der Waals surface area contributed by atoms with E-state index in [9.17, 15) is 38.4 Å². The fourth-order valence-corrected chi connectivity index (χ4v) is 9.42. The second kappa shape index (κ2) is 34.2. The Kier molecular flexibility index (Phi) is 27.3. The average Bonchev–Trinajstić information content (AvgIpc) is 0.819. The first kappa shape index (κ1) is 84.6. The Balaban J connectivity index is 1.34. The van der Waals surface area contributed by atoms with Gasteiger partial charge in [-0.05, 0) is 310 Å². The lowest BCUT2D eigenvalue weighted by Crippen LogP contribution is -2.25. The van der Waals surface area contributed by atoms with E-state index in [4.69, 9.17) is 66.3 Å². The van der Waals surface area contributed by atoms with Crippen LogP contribution in [0.15, 0.2) is 121 Å². The molecule has 0 atom stereocenters. The van der Waals surface area contributed by atoms with Crippen molar-refractivity contribution in [1.29, 1.82) is 0 Å². The van der Waals surface area contributed by atoms with E-state index in [1.165, 1.54) is 72.8 Å². The number of esters is 8. The van der Waals surface area contributed by atoms with Gasteiger partial charge >= 0.3 is 47.8 Å². The molecule has 0 heterocycles. The number of hydrogen-bond acceptors (Lipinski definition) is 22. The van der Waals surface area contributed by atoms with Gasteiger partial charge in [0.1, 0.15) is 119 Å². The van der Waals surface area contributed by atoms with Crippen molar-refractivity contribution in [2.24, 2.45) is 0 Å². The van der Waals surface area contributed by atoms with E-state index >= 15 is 0 Å². The molecule has 0 N–H and O–H groups in total. The molecule has 22 heteroatoms. The largest absolute Gasteiger partial charge is 0.490 e. The van der Waals surface area contributed by atoms with Crippen LogP contribution in [0.5, 0.6) is 34.5 Å². The van der Waals surface area contributed by atoms with E-state index < -0.39 is 92.6 Å². The highest BCUT2D eigenvalue weighted by Crippen LogP contribution is 2.32. The molecule has 0 spiro atoms. The molecular weight excluding hydrogens is 1360 g/mol. The number of benzene rings is 6. The van der Waals surface area contributed by atoms with Crippen molar-refractivity contribution in [2.75, 3.05) is 13.2 Å². The first-order chi connectivity index (χ1) is 48.7. The molecule has 0 aromatic heterocycles. The Labute approximate surface area is 622 Å². The van der Waals surface area contributed by atoms with Crippen LogP contribution in [0.1, 0.15) is 271 Å². The zero-order valence-electron chi connectivity index (χ0n) is 65.8. The molecular formula is C84H104O22. The van der Waals surface area contributed by atoms with Gasteiger partial charge in [0, 0.05) is 0 Å². The Morgan fingerprint density at radius 3 is 0.491 bits per heavy atom. The Morgan fingerprint density at radius 2 is 0.349 bits per heavy atom. The van der Waals surface area contributed by atoms with Gasteiger partial charge in [0.05, 0.1) is 44.5 Å². The summed E-state index contributed by atoms with van der Waals surface area (Å²) in [6.45, 7) is 41.0. The van der Waals surface area contributed by atoms with Gasteiger partial charge in [0.25, 0.3) is 0 Å². The van der Waals surface area contributed by atoms with Crippen molar-refractivity contribution in [3.8, 4) is 34.5 Å². The molecule has 0 aliphatic rings. The van der Waals surface area contributed by atoms with Crippen LogP contribution in [0, 0.1) is 0 Å². The molecule has 0 saturated carbocycles. The number of hydrogen-bond donors (Lipinski definition) is 0. The number of ether oxygens (including phenoxy) is 14. The van der Waals surface area contributed by atoms with E-state index in [0.717, 1.165) is 0 Å². The van der Waals surface area contributed by atoms with Crippen LogP contribution in [0.3, 0.4) is 0 Å². The zero-order valence-corrected chi connectivity index (χ0v) is 65.8. The van der Waals surface area contributed by atoms with Crippen LogP contribution >= 0.6 is 0 Å². The molecule has 0 amide bonds. The molecule has 0 radical (unpaired) electrons. The normalized spacial score (nSPS) is 12.3. The molecule has 6 aromatic carbocycles. The number of carbonyl (C=O) groups excluding carboxylic acids is 8. The summed E-state index contributed by atoms with van der Waals surface area (Å²) in [7, 11) is 0. The minimum atomic E-state index is -0.858. The van der Waals surface area contributed by atoms with E-state index in [-0.39, 0.29) is 107 Å². The monoisotopic (exact) mass is 1460 g/mol. The summed E-state index contributed by atoms with van der Waals surface area (Å²) >= 11 is 0. The smallest absolute Gasteiger partial charge is 0.338 e. The lowest BCUT2D eigenvalue weighted by atomic mass is 10.1. The molecule has 0 aliphatic carbocycles. The molecule has 572 valence electrons. The summed E-state index contributed by atoms with van der Waals surface area (Å²) in [6, 6.07) is 27.8. The summed E-state index contributed by atoms with van der Waals surface area (Å²) in [5, 5.41) is 0. The Morgan fingerprint density at radius 1 is 0.208 bits per heavy atom. The third-order valence-corrected chi connectivity index (χ3v) is 13.2. The molecule has 6 aromatic rings. The van der Waals surface area contributed by atoms with Gasteiger partial charge in [-0.3, -0.25) is 0 Å². The van der Waals surface area contributed by atoms with Crippen LogP contribution in [0.4, 0.5) is 0 Å². The van der Waals surface area contributed by atoms with Gasteiger partial charge in [-0.1, -0.05) is 0 Å². The summed E-state index contributed by atoms with van der Waals surface area (Å²) in [4.78, 5) is 108. The highest BCUT2D eigenvalue weighted by Gasteiger charge is 2.29. The van der Waals surface area contributed by atoms with Crippen LogP contribution in [0.2, 0.25) is 0 Å². The van der Waals surface area contributed by atoms with Crippen molar-refractivity contribution in [3.05, 3.63) is 188 Å². The minimum absolute atomic E-state index is 0.0105. The fourth-order valence-electron chi connectivity index (χ4n) is 9.42. The van der Waals surface area contributed by atoms with Crippen LogP contribution in [-0.4, -0.2) is 106 Å². The van der Waals surface area contributed by atoms with Crippen molar-refractivity contribution in [2.45, 2.75) is 237 Å². The number of rotatable bonds is 26. The average molecular weight is 1470 g/mol. The molecule has 22 nitrogen and oxygen atoms in total. The molecule has 0 aliphatic heterocycles. The quantitative estimate of drug-likeness (QED) is 0.0277. The molecule has 106 heavy (non-hydrogen) atoms. The molecule has 6 rings (SSSR count). The first-order valence-electron chi connectivity index (χ1n) is 34.8. The maximum Gasteiger partial charge on any atom is 0.338 e. The third kappa shape index (κ3) is 30.4. The first-order valence-corrected chi connectivity index (χ1v) is 34.8. The lowest BCUT2D eigenvalue weighted by Gasteiger charge is -2.22. The van der Waals surface area contributed by atoms with Crippen molar-refractivity contribution >= 4 is 47.8 Å². The van der Waals surface area contributed by atoms with E-state index in [1.54, 1.807) is 215 Å². The van der Waals surface area contributed by atoms with Gasteiger partial charge in [-0.15, -0.1) is 0 Å². The van der Waals surface area contributed by atoms with Crippen molar-refractivity contribution in [3.63, 3.8) is 0 Å². The van der Waals surface area contributed by atoms with Gasteiger partial charge in [-0.25, -0.2) is 38.4 Å². The summed E-state index contributed by atoms with van der Waals surface area (Å²) in [6.07, 6.45) is 3.47. The standard InChI is InChI=1S/C84H104O22/c1-77(2,3)99-69(85)55-35-56(70(86)100-78(4,5)6)40-65(39-55)95-47-51-29-52(48-96-66-41-57(71(87)101-79(7,8)9)36-58(42-66)72(88)102-80(10,11)12)32-63(31-51)93-27-25-26-28-94-64-33-53(49-97-67-43-59(73(89)103-81(13,14)15)37-60(44-67)74(90)104-82(16,17)18)30-54(34-64)50-98-68-45-61(75(91)105-83(19,20)21)38-62(46-68)76(92)106-84(22,23)24/h25-26,29-46H,27-28,47-50H2,1-24H3/b26-25-. The van der Waals surface area contributed by atoms with E-state index in [2.05, 4.69) is 0 Å².